The summed E-state index contributed by atoms with van der Waals surface area (Å²) in [5, 5.41) is 11.8. The Morgan fingerprint density at radius 1 is 1.10 bits per heavy atom. The molecule has 0 bridgehead atoms. The Kier molecular flexibility index (Phi) is 5.94. The summed E-state index contributed by atoms with van der Waals surface area (Å²) in [5.41, 5.74) is 3.31. The van der Waals surface area contributed by atoms with Crippen LogP contribution < -0.4 is 15.4 Å². The van der Waals surface area contributed by atoms with Gasteiger partial charge in [0.1, 0.15) is 5.75 Å². The number of carbonyl (C=O) groups is 2. The maximum Gasteiger partial charge on any atom is 0.313 e. The molecule has 2 N–H and O–H groups in total. The van der Waals surface area contributed by atoms with Crippen LogP contribution in [0, 0.1) is 6.92 Å². The summed E-state index contributed by atoms with van der Waals surface area (Å²) >= 11 is 1.48. The molecule has 0 unspecified atom stereocenters. The van der Waals surface area contributed by atoms with Crippen LogP contribution in [-0.4, -0.2) is 40.1 Å². The normalized spacial score (nSPS) is 10.8. The number of ether oxygens (including phenoxy) is 1. The van der Waals surface area contributed by atoms with Crippen molar-refractivity contribution in [2.45, 2.75) is 13.3 Å². The van der Waals surface area contributed by atoms with E-state index >= 15 is 0 Å². The van der Waals surface area contributed by atoms with E-state index in [2.05, 4.69) is 20.7 Å². The van der Waals surface area contributed by atoms with E-state index in [0.29, 0.717) is 24.5 Å². The van der Waals surface area contributed by atoms with Crippen LogP contribution in [0.15, 0.2) is 53.9 Å². The van der Waals surface area contributed by atoms with E-state index in [1.165, 1.54) is 11.3 Å². The van der Waals surface area contributed by atoms with Crippen LogP contribution in [-0.2, 0) is 16.0 Å². The minimum absolute atomic E-state index is 0.309. The molecule has 0 saturated heterocycles. The Balaban J connectivity index is 1.36. The smallest absolute Gasteiger partial charge is 0.313 e. The summed E-state index contributed by atoms with van der Waals surface area (Å²) in [7, 11) is 1.62. The zero-order valence-electron chi connectivity index (χ0n) is 17.1. The number of fused-ring (bicyclic) bond motifs is 1. The Labute approximate surface area is 182 Å². The van der Waals surface area contributed by atoms with Gasteiger partial charge in [0.2, 0.25) is 4.96 Å². The number of anilines is 1. The van der Waals surface area contributed by atoms with Crippen molar-refractivity contribution in [2.75, 3.05) is 19.0 Å². The average Bonchev–Trinajstić information content (AvgIpc) is 3.37. The van der Waals surface area contributed by atoms with Gasteiger partial charge in [-0.2, -0.15) is 4.98 Å². The number of aryl methyl sites for hydroxylation is 1. The third-order valence-electron chi connectivity index (χ3n) is 4.76. The largest absolute Gasteiger partial charge is 0.497 e. The van der Waals surface area contributed by atoms with Gasteiger partial charge >= 0.3 is 11.8 Å². The molecule has 8 nitrogen and oxygen atoms in total. The van der Waals surface area contributed by atoms with Crippen molar-refractivity contribution in [1.82, 2.24) is 19.9 Å². The number of thiazole rings is 1. The summed E-state index contributed by atoms with van der Waals surface area (Å²) in [6, 6.07) is 14.8. The lowest BCUT2D eigenvalue weighted by atomic mass is 10.2. The van der Waals surface area contributed by atoms with Gasteiger partial charge in [-0.3, -0.25) is 9.59 Å². The van der Waals surface area contributed by atoms with Crippen LogP contribution in [0.25, 0.3) is 16.3 Å². The van der Waals surface area contributed by atoms with Crippen LogP contribution in [0.4, 0.5) is 5.69 Å². The number of nitrogens with one attached hydrogen (secondary N) is 2. The zero-order chi connectivity index (χ0) is 21.8. The lowest BCUT2D eigenvalue weighted by molar-refractivity contribution is -0.136. The molecule has 0 aliphatic carbocycles. The summed E-state index contributed by atoms with van der Waals surface area (Å²) in [6.45, 7) is 2.18. The quantitative estimate of drug-likeness (QED) is 0.454. The van der Waals surface area contributed by atoms with Gasteiger partial charge in [-0.05, 0) is 42.8 Å². The number of hydrogen-bond acceptors (Lipinski definition) is 6. The molecule has 4 aromatic rings. The third-order valence-corrected chi connectivity index (χ3v) is 5.63. The number of benzene rings is 2. The van der Waals surface area contributed by atoms with E-state index in [1.54, 1.807) is 23.8 Å². The molecule has 0 saturated carbocycles. The van der Waals surface area contributed by atoms with E-state index in [0.717, 1.165) is 27.5 Å². The summed E-state index contributed by atoms with van der Waals surface area (Å²) < 4.78 is 6.95. The Bertz CT molecular complexity index is 1230. The van der Waals surface area contributed by atoms with Crippen LogP contribution in [0.3, 0.4) is 0 Å². The first-order valence-corrected chi connectivity index (χ1v) is 10.6. The fraction of sp³-hybridized carbons (Fsp3) is 0.182. The van der Waals surface area contributed by atoms with E-state index in [9.17, 15) is 9.59 Å². The standard InChI is InChI=1S/C22H21N5O3S/c1-14-5-3-4-6-18(14)24-21(29)20(28)23-12-11-16-13-31-22-25-19(26-27(16)22)15-7-9-17(30-2)10-8-15/h3-10,13H,11-12H2,1-2H3,(H,23,28)(H,24,29). The number of para-hydroxylation sites is 1. The van der Waals surface area contributed by atoms with E-state index in [1.807, 2.05) is 48.7 Å². The maximum atomic E-state index is 12.1. The highest BCUT2D eigenvalue weighted by Gasteiger charge is 2.15. The molecule has 0 fully saturated rings. The molecule has 2 aromatic heterocycles. The van der Waals surface area contributed by atoms with Gasteiger partial charge in [-0.15, -0.1) is 16.4 Å². The molecule has 0 aliphatic rings. The van der Waals surface area contributed by atoms with Crippen molar-refractivity contribution in [1.29, 1.82) is 0 Å². The molecule has 0 atom stereocenters. The topological polar surface area (TPSA) is 97.6 Å². The first-order chi connectivity index (χ1) is 15.0. The first kappa shape index (κ1) is 20.5. The van der Waals surface area contributed by atoms with Crippen LogP contribution >= 0.6 is 11.3 Å². The summed E-state index contributed by atoms with van der Waals surface area (Å²) in [6.07, 6.45) is 0.523. The number of nitrogens with zero attached hydrogens (tertiary/aromatic N) is 3. The molecule has 4 rings (SSSR count). The molecule has 0 radical (unpaired) electrons. The van der Waals surface area contributed by atoms with Gasteiger partial charge in [0.05, 0.1) is 12.8 Å². The lowest BCUT2D eigenvalue weighted by Gasteiger charge is -2.08. The van der Waals surface area contributed by atoms with E-state index < -0.39 is 11.8 Å². The van der Waals surface area contributed by atoms with Crippen molar-refractivity contribution in [3.05, 3.63) is 65.2 Å². The number of amides is 2. The van der Waals surface area contributed by atoms with Crippen molar-refractivity contribution < 1.29 is 14.3 Å². The summed E-state index contributed by atoms with van der Waals surface area (Å²) in [4.78, 5) is 29.6. The van der Waals surface area contributed by atoms with Gasteiger partial charge in [0.15, 0.2) is 5.82 Å². The minimum atomic E-state index is -0.688. The van der Waals surface area contributed by atoms with Gasteiger partial charge in [0.25, 0.3) is 0 Å². The molecular formula is C22H21N5O3S. The lowest BCUT2D eigenvalue weighted by Crippen LogP contribution is -2.36. The fourth-order valence-corrected chi connectivity index (χ4v) is 3.89. The first-order valence-electron chi connectivity index (χ1n) is 9.67. The second kappa shape index (κ2) is 8.97. The maximum absolute atomic E-state index is 12.1. The molecule has 9 heteroatoms. The highest BCUT2D eigenvalue weighted by Crippen LogP contribution is 2.23. The monoisotopic (exact) mass is 435 g/mol. The fourth-order valence-electron chi connectivity index (χ4n) is 3.04. The Morgan fingerprint density at radius 3 is 2.61 bits per heavy atom. The third kappa shape index (κ3) is 4.56. The SMILES string of the molecule is COc1ccc(-c2nc3scc(CCNC(=O)C(=O)Nc4ccccc4C)n3n2)cc1. The van der Waals surface area contributed by atoms with Crippen molar-refractivity contribution in [2.24, 2.45) is 0 Å². The van der Waals surface area contributed by atoms with Gasteiger partial charge in [-0.25, -0.2) is 4.52 Å². The van der Waals surface area contributed by atoms with Gasteiger partial charge in [-0.1, -0.05) is 18.2 Å². The van der Waals surface area contributed by atoms with Crippen LogP contribution in [0.2, 0.25) is 0 Å². The molecule has 0 spiro atoms. The molecule has 2 heterocycles. The van der Waals surface area contributed by atoms with Crippen LogP contribution in [0.1, 0.15) is 11.3 Å². The van der Waals surface area contributed by atoms with Crippen molar-refractivity contribution in [3.8, 4) is 17.1 Å². The Morgan fingerprint density at radius 2 is 1.87 bits per heavy atom. The highest BCUT2D eigenvalue weighted by molar-refractivity contribution is 7.15. The number of carbonyl (C=O) groups excluding carboxylic acids is 2. The molecular weight excluding hydrogens is 414 g/mol. The summed E-state index contributed by atoms with van der Waals surface area (Å²) in [5.74, 6) is 0.0320. The van der Waals surface area contributed by atoms with E-state index in [4.69, 9.17) is 4.74 Å². The predicted molar refractivity (Wildman–Crippen MR) is 119 cm³/mol. The molecule has 2 amide bonds. The van der Waals surface area contributed by atoms with Crippen LogP contribution in [0.5, 0.6) is 5.75 Å². The molecule has 2 aromatic carbocycles. The number of rotatable bonds is 6. The van der Waals surface area contributed by atoms with E-state index in [-0.39, 0.29) is 0 Å². The Hall–Kier alpha value is -3.72. The molecule has 158 valence electrons. The van der Waals surface area contributed by atoms with Crippen molar-refractivity contribution in [3.63, 3.8) is 0 Å². The number of methoxy groups -OCH3 is 1. The van der Waals surface area contributed by atoms with Gasteiger partial charge in [0, 0.05) is 29.6 Å². The van der Waals surface area contributed by atoms with Crippen molar-refractivity contribution >= 4 is 33.8 Å². The number of aromatic nitrogens is 3. The second-order valence-corrected chi connectivity index (χ2v) is 7.70. The molecule has 31 heavy (non-hydrogen) atoms. The minimum Gasteiger partial charge on any atom is -0.497 e. The highest BCUT2D eigenvalue weighted by atomic mass is 32.1. The predicted octanol–water partition coefficient (Wildman–Crippen LogP) is 3.07. The second-order valence-electron chi connectivity index (χ2n) is 6.86. The number of hydrogen-bond donors (Lipinski definition) is 2. The molecule has 0 aliphatic heterocycles. The van der Waals surface area contributed by atoms with Gasteiger partial charge < -0.3 is 15.4 Å². The average molecular weight is 436 g/mol. The zero-order valence-corrected chi connectivity index (χ0v) is 17.9.